The Morgan fingerprint density at radius 3 is 2.30 bits per heavy atom. The van der Waals surface area contributed by atoms with E-state index in [1.807, 2.05) is 13.8 Å². The van der Waals surface area contributed by atoms with Crippen LogP contribution in [0.4, 0.5) is 5.69 Å². The standard InChI is InChI=1S/C18H25NO/c1-12-11-15(14(3)20-12)13(2)19-17-10-8-7-9-16(17)18(4,5)6/h7-11,13,19H,1-6H3. The van der Waals surface area contributed by atoms with Crippen molar-refractivity contribution < 1.29 is 4.42 Å². The summed E-state index contributed by atoms with van der Waals surface area (Å²) in [6.07, 6.45) is 0. The zero-order valence-corrected chi connectivity index (χ0v) is 13.4. The molecular weight excluding hydrogens is 246 g/mol. The molecule has 2 nitrogen and oxygen atoms in total. The predicted molar refractivity (Wildman–Crippen MR) is 85.4 cm³/mol. The summed E-state index contributed by atoms with van der Waals surface area (Å²) in [6.45, 7) is 12.9. The van der Waals surface area contributed by atoms with Gasteiger partial charge in [-0.3, -0.25) is 0 Å². The molecule has 1 aromatic heterocycles. The maximum Gasteiger partial charge on any atom is 0.106 e. The molecule has 0 aliphatic heterocycles. The van der Waals surface area contributed by atoms with Crippen molar-refractivity contribution in [2.45, 2.75) is 53.0 Å². The molecule has 0 radical (unpaired) electrons. The highest BCUT2D eigenvalue weighted by atomic mass is 16.3. The van der Waals surface area contributed by atoms with Crippen molar-refractivity contribution in [2.75, 3.05) is 5.32 Å². The molecule has 0 saturated carbocycles. The maximum absolute atomic E-state index is 5.63. The van der Waals surface area contributed by atoms with E-state index in [1.165, 1.54) is 16.8 Å². The Labute approximate surface area is 122 Å². The number of nitrogens with one attached hydrogen (secondary N) is 1. The van der Waals surface area contributed by atoms with Crippen molar-refractivity contribution in [1.29, 1.82) is 0 Å². The molecule has 1 aromatic carbocycles. The normalized spacial score (nSPS) is 13.3. The molecule has 1 atom stereocenters. The summed E-state index contributed by atoms with van der Waals surface area (Å²) in [5.41, 5.74) is 3.90. The second-order valence-electron chi connectivity index (χ2n) is 6.53. The lowest BCUT2D eigenvalue weighted by Gasteiger charge is -2.25. The molecule has 0 amide bonds. The summed E-state index contributed by atoms with van der Waals surface area (Å²) >= 11 is 0. The van der Waals surface area contributed by atoms with Gasteiger partial charge in [-0.1, -0.05) is 39.0 Å². The summed E-state index contributed by atoms with van der Waals surface area (Å²) in [6, 6.07) is 10.9. The lowest BCUT2D eigenvalue weighted by molar-refractivity contribution is 0.499. The summed E-state index contributed by atoms with van der Waals surface area (Å²) < 4.78 is 5.63. The molecule has 0 saturated heterocycles. The number of hydrogen-bond acceptors (Lipinski definition) is 2. The fraction of sp³-hybridized carbons (Fsp3) is 0.444. The van der Waals surface area contributed by atoms with Crippen molar-refractivity contribution in [3.63, 3.8) is 0 Å². The van der Waals surface area contributed by atoms with E-state index in [9.17, 15) is 0 Å². The summed E-state index contributed by atoms with van der Waals surface area (Å²) in [7, 11) is 0. The summed E-state index contributed by atoms with van der Waals surface area (Å²) in [4.78, 5) is 0. The summed E-state index contributed by atoms with van der Waals surface area (Å²) in [5.74, 6) is 1.96. The highest BCUT2D eigenvalue weighted by Crippen LogP contribution is 2.32. The van der Waals surface area contributed by atoms with Crippen LogP contribution in [0, 0.1) is 13.8 Å². The Balaban J connectivity index is 2.29. The van der Waals surface area contributed by atoms with Gasteiger partial charge in [-0.05, 0) is 43.9 Å². The number of rotatable bonds is 3. The van der Waals surface area contributed by atoms with Crippen LogP contribution in [0.2, 0.25) is 0 Å². The van der Waals surface area contributed by atoms with Crippen LogP contribution >= 0.6 is 0 Å². The summed E-state index contributed by atoms with van der Waals surface area (Å²) in [5, 5.41) is 3.63. The van der Waals surface area contributed by atoms with E-state index in [4.69, 9.17) is 4.42 Å². The third-order valence-electron chi connectivity index (χ3n) is 3.65. The first-order chi connectivity index (χ1) is 9.29. The Morgan fingerprint density at radius 1 is 1.10 bits per heavy atom. The highest BCUT2D eigenvalue weighted by Gasteiger charge is 2.19. The lowest BCUT2D eigenvalue weighted by atomic mass is 9.85. The SMILES string of the molecule is Cc1cc(C(C)Nc2ccccc2C(C)(C)C)c(C)o1. The van der Waals surface area contributed by atoms with E-state index in [2.05, 4.69) is 63.3 Å². The van der Waals surface area contributed by atoms with E-state index >= 15 is 0 Å². The minimum atomic E-state index is 0.130. The first-order valence-corrected chi connectivity index (χ1v) is 7.22. The van der Waals surface area contributed by atoms with Crippen molar-refractivity contribution in [3.8, 4) is 0 Å². The second kappa shape index (κ2) is 5.35. The van der Waals surface area contributed by atoms with E-state index in [1.54, 1.807) is 0 Å². The fourth-order valence-corrected chi connectivity index (χ4v) is 2.65. The van der Waals surface area contributed by atoms with Crippen LogP contribution in [0.1, 0.15) is 56.4 Å². The molecule has 0 bridgehead atoms. The van der Waals surface area contributed by atoms with Crippen molar-refractivity contribution in [1.82, 2.24) is 0 Å². The molecule has 1 heterocycles. The number of aryl methyl sites for hydroxylation is 2. The zero-order chi connectivity index (χ0) is 14.9. The first-order valence-electron chi connectivity index (χ1n) is 7.22. The van der Waals surface area contributed by atoms with E-state index in [0.717, 1.165) is 11.5 Å². The Morgan fingerprint density at radius 2 is 1.75 bits per heavy atom. The van der Waals surface area contributed by atoms with Crippen LogP contribution in [0.5, 0.6) is 0 Å². The Hall–Kier alpha value is -1.70. The smallest absolute Gasteiger partial charge is 0.106 e. The molecule has 2 rings (SSSR count). The Kier molecular flexibility index (Phi) is 3.94. The van der Waals surface area contributed by atoms with Gasteiger partial charge in [0.2, 0.25) is 0 Å². The molecule has 108 valence electrons. The molecule has 2 heteroatoms. The molecule has 0 aliphatic rings. The monoisotopic (exact) mass is 271 g/mol. The van der Waals surface area contributed by atoms with Gasteiger partial charge in [0.1, 0.15) is 11.5 Å². The van der Waals surface area contributed by atoms with Gasteiger partial charge in [0.05, 0.1) is 6.04 Å². The highest BCUT2D eigenvalue weighted by molar-refractivity contribution is 5.55. The largest absolute Gasteiger partial charge is 0.466 e. The minimum Gasteiger partial charge on any atom is -0.466 e. The molecule has 2 aromatic rings. The quantitative estimate of drug-likeness (QED) is 0.812. The molecule has 0 spiro atoms. The van der Waals surface area contributed by atoms with Crippen LogP contribution in [0.25, 0.3) is 0 Å². The van der Waals surface area contributed by atoms with Crippen molar-refractivity contribution in [2.24, 2.45) is 0 Å². The van der Waals surface area contributed by atoms with Gasteiger partial charge in [0.25, 0.3) is 0 Å². The van der Waals surface area contributed by atoms with Crippen molar-refractivity contribution in [3.05, 3.63) is 53.0 Å². The minimum absolute atomic E-state index is 0.130. The van der Waals surface area contributed by atoms with Gasteiger partial charge < -0.3 is 9.73 Å². The van der Waals surface area contributed by atoms with Crippen LogP contribution in [-0.4, -0.2) is 0 Å². The zero-order valence-electron chi connectivity index (χ0n) is 13.4. The molecule has 0 aliphatic carbocycles. The van der Waals surface area contributed by atoms with Crippen LogP contribution in [0.15, 0.2) is 34.7 Å². The average Bonchev–Trinajstić information content (AvgIpc) is 2.68. The Bertz CT molecular complexity index is 590. The first kappa shape index (κ1) is 14.7. The molecule has 1 N–H and O–H groups in total. The number of hydrogen-bond donors (Lipinski definition) is 1. The lowest BCUT2D eigenvalue weighted by Crippen LogP contribution is -2.16. The van der Waals surface area contributed by atoms with Gasteiger partial charge >= 0.3 is 0 Å². The van der Waals surface area contributed by atoms with E-state index in [0.29, 0.717) is 0 Å². The van der Waals surface area contributed by atoms with Gasteiger partial charge in [-0.15, -0.1) is 0 Å². The topological polar surface area (TPSA) is 25.2 Å². The number of para-hydroxylation sites is 1. The van der Waals surface area contributed by atoms with Crippen LogP contribution in [0.3, 0.4) is 0 Å². The van der Waals surface area contributed by atoms with Gasteiger partial charge in [-0.2, -0.15) is 0 Å². The molecule has 20 heavy (non-hydrogen) atoms. The van der Waals surface area contributed by atoms with Gasteiger partial charge in [-0.25, -0.2) is 0 Å². The van der Waals surface area contributed by atoms with Crippen LogP contribution < -0.4 is 5.32 Å². The molecule has 0 fully saturated rings. The third-order valence-corrected chi connectivity index (χ3v) is 3.65. The van der Waals surface area contributed by atoms with E-state index < -0.39 is 0 Å². The van der Waals surface area contributed by atoms with Gasteiger partial charge in [0.15, 0.2) is 0 Å². The molecular formula is C18H25NO. The maximum atomic E-state index is 5.63. The van der Waals surface area contributed by atoms with Crippen molar-refractivity contribution >= 4 is 5.69 Å². The second-order valence-corrected chi connectivity index (χ2v) is 6.53. The average molecular weight is 271 g/mol. The van der Waals surface area contributed by atoms with Crippen LogP contribution in [-0.2, 0) is 5.41 Å². The fourth-order valence-electron chi connectivity index (χ4n) is 2.65. The number of anilines is 1. The number of furan rings is 1. The number of benzene rings is 1. The molecule has 1 unspecified atom stereocenters. The predicted octanol–water partition coefficient (Wildman–Crippen LogP) is 5.37. The van der Waals surface area contributed by atoms with Gasteiger partial charge in [0, 0.05) is 11.3 Å². The third kappa shape index (κ3) is 3.06. The van der Waals surface area contributed by atoms with E-state index in [-0.39, 0.29) is 11.5 Å².